The van der Waals surface area contributed by atoms with Crippen molar-refractivity contribution in [2.24, 2.45) is 0 Å². The largest absolute Gasteiger partial charge is 0.309 e. The Kier molecular flexibility index (Phi) is 6.78. The van der Waals surface area contributed by atoms with Crippen molar-refractivity contribution in [3.05, 3.63) is 182 Å². The standard InChI is InChI=1S/C47H30N4/c1-4-12-31(13-5-1)37-23-26-41-43(30-37)51(42-27-24-32-14-10-11-19-40(32)44(41)42)39-25-22-35-28-38(21-20-36(35)29-39)47-49-45(33-15-6-2-7-16-33)48-46(50-47)34-17-8-3-9-18-34/h1-30H. The lowest BCUT2D eigenvalue weighted by Crippen LogP contribution is -2.00. The molecule has 0 aliphatic heterocycles. The van der Waals surface area contributed by atoms with Gasteiger partial charge in [-0.25, -0.2) is 15.0 Å². The second-order valence-corrected chi connectivity index (χ2v) is 12.9. The molecular formula is C47H30N4. The summed E-state index contributed by atoms with van der Waals surface area (Å²) in [5, 5.41) is 7.29. The van der Waals surface area contributed by atoms with Gasteiger partial charge < -0.3 is 4.57 Å². The van der Waals surface area contributed by atoms with Crippen LogP contribution in [0.5, 0.6) is 0 Å². The highest BCUT2D eigenvalue weighted by molar-refractivity contribution is 6.21. The first-order chi connectivity index (χ1) is 25.3. The summed E-state index contributed by atoms with van der Waals surface area (Å²) in [4.78, 5) is 14.8. The molecule has 0 N–H and O–H groups in total. The van der Waals surface area contributed by atoms with E-state index < -0.39 is 0 Å². The third kappa shape index (κ3) is 5.04. The normalized spacial score (nSPS) is 11.5. The lowest BCUT2D eigenvalue weighted by molar-refractivity contribution is 1.07. The summed E-state index contributed by atoms with van der Waals surface area (Å²) in [5.74, 6) is 1.96. The van der Waals surface area contributed by atoms with Crippen molar-refractivity contribution in [3.8, 4) is 51.0 Å². The van der Waals surface area contributed by atoms with Crippen molar-refractivity contribution in [2.75, 3.05) is 0 Å². The number of hydrogen-bond acceptors (Lipinski definition) is 3. The van der Waals surface area contributed by atoms with Gasteiger partial charge in [-0.1, -0.05) is 152 Å². The topological polar surface area (TPSA) is 43.6 Å². The van der Waals surface area contributed by atoms with E-state index in [4.69, 9.17) is 15.0 Å². The maximum Gasteiger partial charge on any atom is 0.164 e. The van der Waals surface area contributed by atoms with Gasteiger partial charge in [0.05, 0.1) is 11.0 Å². The summed E-state index contributed by atoms with van der Waals surface area (Å²) in [6.07, 6.45) is 0. The summed E-state index contributed by atoms with van der Waals surface area (Å²) in [7, 11) is 0. The Morgan fingerprint density at radius 1 is 0.314 bits per heavy atom. The van der Waals surface area contributed by atoms with Crippen molar-refractivity contribution in [3.63, 3.8) is 0 Å². The summed E-state index contributed by atoms with van der Waals surface area (Å²) in [6, 6.07) is 64.1. The molecule has 10 aromatic rings. The number of nitrogens with zero attached hydrogens (tertiary/aromatic N) is 4. The van der Waals surface area contributed by atoms with E-state index in [1.54, 1.807) is 0 Å². The van der Waals surface area contributed by atoms with E-state index in [2.05, 4.69) is 126 Å². The molecule has 0 aliphatic carbocycles. The maximum absolute atomic E-state index is 4.96. The van der Waals surface area contributed by atoms with Gasteiger partial charge in [0.15, 0.2) is 17.5 Å². The molecule has 0 spiro atoms. The van der Waals surface area contributed by atoms with Gasteiger partial charge in [-0.3, -0.25) is 0 Å². The Labute approximate surface area is 295 Å². The van der Waals surface area contributed by atoms with Gasteiger partial charge in [-0.05, 0) is 63.0 Å². The smallest absolute Gasteiger partial charge is 0.164 e. The minimum atomic E-state index is 0.649. The molecule has 0 amide bonds. The van der Waals surface area contributed by atoms with Gasteiger partial charge in [-0.2, -0.15) is 0 Å². The predicted molar refractivity (Wildman–Crippen MR) is 211 cm³/mol. The summed E-state index contributed by atoms with van der Waals surface area (Å²) in [6.45, 7) is 0. The van der Waals surface area contributed by atoms with Crippen LogP contribution >= 0.6 is 0 Å². The number of fused-ring (bicyclic) bond motifs is 6. The molecule has 0 atom stereocenters. The Morgan fingerprint density at radius 2 is 0.863 bits per heavy atom. The van der Waals surface area contributed by atoms with Crippen LogP contribution in [0.2, 0.25) is 0 Å². The minimum absolute atomic E-state index is 0.649. The van der Waals surface area contributed by atoms with E-state index in [1.165, 1.54) is 43.7 Å². The Bertz CT molecular complexity index is 2840. The van der Waals surface area contributed by atoms with Crippen molar-refractivity contribution < 1.29 is 0 Å². The molecule has 0 aliphatic rings. The summed E-state index contributed by atoms with van der Waals surface area (Å²) < 4.78 is 2.42. The zero-order valence-corrected chi connectivity index (χ0v) is 27.6. The first-order valence-corrected chi connectivity index (χ1v) is 17.2. The van der Waals surface area contributed by atoms with E-state index >= 15 is 0 Å². The zero-order valence-electron chi connectivity index (χ0n) is 27.6. The molecule has 0 fully saturated rings. The molecule has 4 heteroatoms. The summed E-state index contributed by atoms with van der Waals surface area (Å²) in [5.41, 5.74) is 8.76. The molecule has 2 heterocycles. The van der Waals surface area contributed by atoms with Crippen molar-refractivity contribution in [1.29, 1.82) is 0 Å². The van der Waals surface area contributed by atoms with Crippen LogP contribution in [0.3, 0.4) is 0 Å². The van der Waals surface area contributed by atoms with E-state index in [1.807, 2.05) is 60.7 Å². The average Bonchev–Trinajstić information content (AvgIpc) is 3.55. The minimum Gasteiger partial charge on any atom is -0.309 e. The molecule has 51 heavy (non-hydrogen) atoms. The number of aromatic nitrogens is 4. The molecule has 0 bridgehead atoms. The molecule has 0 unspecified atom stereocenters. The fourth-order valence-electron chi connectivity index (χ4n) is 7.32. The molecule has 0 radical (unpaired) electrons. The van der Waals surface area contributed by atoms with Crippen LogP contribution in [0, 0.1) is 0 Å². The van der Waals surface area contributed by atoms with Crippen LogP contribution in [-0.4, -0.2) is 19.5 Å². The molecule has 0 saturated heterocycles. The van der Waals surface area contributed by atoms with E-state index in [0.717, 1.165) is 33.2 Å². The fourth-order valence-corrected chi connectivity index (χ4v) is 7.32. The third-order valence-electron chi connectivity index (χ3n) is 9.80. The van der Waals surface area contributed by atoms with Crippen LogP contribution in [0.4, 0.5) is 0 Å². The molecule has 4 nitrogen and oxygen atoms in total. The van der Waals surface area contributed by atoms with E-state index in [9.17, 15) is 0 Å². The van der Waals surface area contributed by atoms with Crippen LogP contribution in [0.25, 0.3) is 94.3 Å². The highest BCUT2D eigenvalue weighted by atomic mass is 15.0. The van der Waals surface area contributed by atoms with Gasteiger partial charge in [0, 0.05) is 33.2 Å². The lowest BCUT2D eigenvalue weighted by atomic mass is 10.0. The molecular weight excluding hydrogens is 621 g/mol. The molecule has 2 aromatic heterocycles. The Morgan fingerprint density at radius 3 is 1.57 bits per heavy atom. The number of rotatable bonds is 5. The number of benzene rings is 8. The highest BCUT2D eigenvalue weighted by Gasteiger charge is 2.17. The number of hydrogen-bond donors (Lipinski definition) is 0. The predicted octanol–water partition coefficient (Wildman–Crippen LogP) is 11.9. The van der Waals surface area contributed by atoms with E-state index in [0.29, 0.717) is 17.5 Å². The first kappa shape index (κ1) is 29.0. The molecule has 8 aromatic carbocycles. The first-order valence-electron chi connectivity index (χ1n) is 17.2. The second kappa shape index (κ2) is 11.9. The van der Waals surface area contributed by atoms with Crippen molar-refractivity contribution in [2.45, 2.75) is 0 Å². The summed E-state index contributed by atoms with van der Waals surface area (Å²) >= 11 is 0. The van der Waals surface area contributed by atoms with Crippen LogP contribution in [-0.2, 0) is 0 Å². The van der Waals surface area contributed by atoms with Crippen molar-refractivity contribution >= 4 is 43.4 Å². The molecule has 10 rings (SSSR count). The van der Waals surface area contributed by atoms with Gasteiger partial charge in [0.25, 0.3) is 0 Å². The van der Waals surface area contributed by atoms with Crippen LogP contribution < -0.4 is 0 Å². The average molecular weight is 651 g/mol. The third-order valence-corrected chi connectivity index (χ3v) is 9.80. The lowest BCUT2D eigenvalue weighted by Gasteiger charge is -2.12. The molecule has 238 valence electrons. The Hall–Kier alpha value is -6.91. The monoisotopic (exact) mass is 650 g/mol. The van der Waals surface area contributed by atoms with Gasteiger partial charge in [-0.15, -0.1) is 0 Å². The fraction of sp³-hybridized carbons (Fsp3) is 0. The molecule has 0 saturated carbocycles. The van der Waals surface area contributed by atoms with Crippen LogP contribution in [0.1, 0.15) is 0 Å². The second-order valence-electron chi connectivity index (χ2n) is 12.9. The van der Waals surface area contributed by atoms with Crippen LogP contribution in [0.15, 0.2) is 182 Å². The quantitative estimate of drug-likeness (QED) is 0.186. The van der Waals surface area contributed by atoms with Gasteiger partial charge in [0.2, 0.25) is 0 Å². The van der Waals surface area contributed by atoms with E-state index in [-0.39, 0.29) is 0 Å². The SMILES string of the molecule is c1ccc(-c2ccc3c4c5ccccc5ccc4n(-c4ccc5cc(-c6nc(-c7ccccc7)nc(-c7ccccc7)n6)ccc5c4)c3c2)cc1. The Balaban J connectivity index is 1.14. The van der Waals surface area contributed by atoms with Gasteiger partial charge >= 0.3 is 0 Å². The highest BCUT2D eigenvalue weighted by Crippen LogP contribution is 2.39. The van der Waals surface area contributed by atoms with Gasteiger partial charge in [0.1, 0.15) is 0 Å². The van der Waals surface area contributed by atoms with Crippen molar-refractivity contribution in [1.82, 2.24) is 19.5 Å². The maximum atomic E-state index is 4.96. The zero-order chi connectivity index (χ0) is 33.7.